The summed E-state index contributed by atoms with van der Waals surface area (Å²) in [6.45, 7) is 2.23. The molecule has 0 aliphatic rings. The number of aromatic nitrogens is 2. The Hall–Kier alpha value is -4.33. The van der Waals surface area contributed by atoms with E-state index in [-0.39, 0.29) is 12.3 Å². The van der Waals surface area contributed by atoms with Gasteiger partial charge in [-0.1, -0.05) is 54.1 Å². The summed E-state index contributed by atoms with van der Waals surface area (Å²) < 4.78 is 46.0. The predicted octanol–water partition coefficient (Wildman–Crippen LogP) is 6.92. The Labute approximate surface area is 198 Å². The van der Waals surface area contributed by atoms with E-state index >= 15 is 0 Å². The van der Waals surface area contributed by atoms with Gasteiger partial charge in [-0.25, -0.2) is 0 Å². The third kappa shape index (κ3) is 4.68. The minimum absolute atomic E-state index is 0.141. The number of para-hydroxylation sites is 1. The second-order valence-corrected chi connectivity index (χ2v) is 8.20. The van der Waals surface area contributed by atoms with Crippen LogP contribution in [0.3, 0.4) is 0 Å². The summed E-state index contributed by atoms with van der Waals surface area (Å²) in [6, 6.07) is 23.4. The van der Waals surface area contributed by atoms with E-state index in [0.717, 1.165) is 28.8 Å². The predicted molar refractivity (Wildman–Crippen MR) is 127 cm³/mol. The van der Waals surface area contributed by atoms with Gasteiger partial charge in [-0.15, -0.1) is 0 Å². The number of hydrogen-bond donors (Lipinski definition) is 1. The fourth-order valence-electron chi connectivity index (χ4n) is 3.81. The molecule has 0 saturated heterocycles. The van der Waals surface area contributed by atoms with Crippen LogP contribution in [-0.2, 0) is 12.7 Å². The minimum atomic E-state index is -4.39. The molecule has 5 aromatic rings. The molecule has 0 spiro atoms. The van der Waals surface area contributed by atoms with E-state index in [4.69, 9.17) is 4.42 Å². The summed E-state index contributed by atoms with van der Waals surface area (Å²) in [5.41, 5.74) is 2.67. The largest absolute Gasteiger partial charge is 0.451 e. The van der Waals surface area contributed by atoms with Gasteiger partial charge in [0.15, 0.2) is 11.6 Å². The lowest BCUT2D eigenvalue weighted by Crippen LogP contribution is -2.12. The number of fused-ring (bicyclic) bond motifs is 1. The van der Waals surface area contributed by atoms with Crippen molar-refractivity contribution in [1.82, 2.24) is 9.78 Å². The van der Waals surface area contributed by atoms with Crippen LogP contribution >= 0.6 is 0 Å². The number of carbonyl (C=O) groups excluding carboxylic acids is 1. The fraction of sp³-hybridized carbons (Fsp3) is 0.111. The lowest BCUT2D eigenvalue weighted by molar-refractivity contribution is -0.137. The van der Waals surface area contributed by atoms with Crippen LogP contribution in [0.1, 0.15) is 27.2 Å². The van der Waals surface area contributed by atoms with Crippen LogP contribution in [0.4, 0.5) is 19.0 Å². The lowest BCUT2D eigenvalue weighted by atomic mass is 10.1. The fourth-order valence-corrected chi connectivity index (χ4v) is 3.81. The van der Waals surface area contributed by atoms with Gasteiger partial charge in [-0.05, 0) is 48.9 Å². The SMILES string of the molecule is Cc1ccc(-c2ccc(C(=O)Nc3nn(Cc4ccc(C(F)(F)F)cc4)c4ccccc34)o2)cc1. The number of rotatable bonds is 5. The molecule has 5 nitrogen and oxygen atoms in total. The smallest absolute Gasteiger partial charge is 0.416 e. The zero-order chi connectivity index (χ0) is 24.6. The molecule has 2 heterocycles. The van der Waals surface area contributed by atoms with Gasteiger partial charge >= 0.3 is 6.18 Å². The molecule has 3 aromatic carbocycles. The van der Waals surface area contributed by atoms with Crippen molar-refractivity contribution < 1.29 is 22.4 Å². The summed E-state index contributed by atoms with van der Waals surface area (Å²) >= 11 is 0. The van der Waals surface area contributed by atoms with Crippen LogP contribution < -0.4 is 5.32 Å². The van der Waals surface area contributed by atoms with Gasteiger partial charge in [0.05, 0.1) is 17.6 Å². The summed E-state index contributed by atoms with van der Waals surface area (Å²) in [5, 5.41) is 8.02. The van der Waals surface area contributed by atoms with Crippen molar-refractivity contribution in [3.05, 3.63) is 107 Å². The van der Waals surface area contributed by atoms with Gasteiger partial charge in [0.1, 0.15) is 5.76 Å². The van der Waals surface area contributed by atoms with Gasteiger partial charge in [0, 0.05) is 10.9 Å². The van der Waals surface area contributed by atoms with Crippen LogP contribution in [-0.4, -0.2) is 15.7 Å². The first-order valence-electron chi connectivity index (χ1n) is 10.9. The molecule has 0 saturated carbocycles. The highest BCUT2D eigenvalue weighted by molar-refractivity contribution is 6.06. The topological polar surface area (TPSA) is 60.1 Å². The van der Waals surface area contributed by atoms with Crippen molar-refractivity contribution in [2.45, 2.75) is 19.6 Å². The van der Waals surface area contributed by atoms with Crippen LogP contribution in [0, 0.1) is 6.92 Å². The van der Waals surface area contributed by atoms with Crippen molar-refractivity contribution >= 4 is 22.6 Å². The van der Waals surface area contributed by atoms with Crippen molar-refractivity contribution in [3.8, 4) is 11.3 Å². The number of nitrogens with zero attached hydrogens (tertiary/aromatic N) is 2. The first-order chi connectivity index (χ1) is 16.8. The molecule has 0 unspecified atom stereocenters. The van der Waals surface area contributed by atoms with Gasteiger partial charge in [-0.3, -0.25) is 9.48 Å². The molecule has 1 N–H and O–H groups in total. The van der Waals surface area contributed by atoms with Crippen LogP contribution in [0.25, 0.3) is 22.2 Å². The summed E-state index contributed by atoms with van der Waals surface area (Å²) in [5.74, 6) is 0.605. The standard InChI is InChI=1S/C27H20F3N3O2/c1-17-6-10-19(11-7-17)23-14-15-24(35-23)26(34)31-25-21-4-2-3-5-22(21)33(32-25)16-18-8-12-20(13-9-18)27(28,29)30/h2-15H,16H2,1H3,(H,31,32,34). The van der Waals surface area contributed by atoms with Crippen LogP contribution in [0.15, 0.2) is 89.3 Å². The lowest BCUT2D eigenvalue weighted by Gasteiger charge is -2.08. The van der Waals surface area contributed by atoms with Gasteiger partial charge in [0.2, 0.25) is 0 Å². The molecule has 0 radical (unpaired) electrons. The Bertz CT molecular complexity index is 1500. The highest BCUT2D eigenvalue weighted by Crippen LogP contribution is 2.30. The molecule has 0 fully saturated rings. The van der Waals surface area contributed by atoms with E-state index in [0.29, 0.717) is 22.5 Å². The van der Waals surface area contributed by atoms with Crippen LogP contribution in [0.2, 0.25) is 0 Å². The van der Waals surface area contributed by atoms with Crippen LogP contribution in [0.5, 0.6) is 0 Å². The Morgan fingerprint density at radius 2 is 1.66 bits per heavy atom. The minimum Gasteiger partial charge on any atom is -0.451 e. The van der Waals surface area contributed by atoms with Gasteiger partial charge < -0.3 is 9.73 Å². The summed E-state index contributed by atoms with van der Waals surface area (Å²) in [6.07, 6.45) is -4.39. The first-order valence-corrected chi connectivity index (χ1v) is 10.9. The van der Waals surface area contributed by atoms with E-state index in [9.17, 15) is 18.0 Å². The highest BCUT2D eigenvalue weighted by atomic mass is 19.4. The Kier molecular flexibility index (Phi) is 5.64. The zero-order valence-electron chi connectivity index (χ0n) is 18.6. The molecule has 0 aliphatic heterocycles. The van der Waals surface area contributed by atoms with Crippen molar-refractivity contribution in [3.63, 3.8) is 0 Å². The summed E-state index contributed by atoms with van der Waals surface area (Å²) in [7, 11) is 0. The van der Waals surface area contributed by atoms with Crippen molar-refractivity contribution in [2.75, 3.05) is 5.32 Å². The van der Waals surface area contributed by atoms with Crippen molar-refractivity contribution in [2.24, 2.45) is 0 Å². The number of carbonyl (C=O) groups is 1. The number of amides is 1. The molecule has 2 aromatic heterocycles. The normalized spacial score (nSPS) is 11.7. The molecular formula is C27H20F3N3O2. The Morgan fingerprint density at radius 1 is 0.943 bits per heavy atom. The highest BCUT2D eigenvalue weighted by Gasteiger charge is 2.30. The number of alkyl halides is 3. The number of benzene rings is 3. The maximum atomic E-state index is 12.9. The monoisotopic (exact) mass is 475 g/mol. The van der Waals surface area contributed by atoms with Crippen molar-refractivity contribution in [1.29, 1.82) is 0 Å². The number of halogens is 3. The van der Waals surface area contributed by atoms with E-state index in [1.807, 2.05) is 55.5 Å². The third-order valence-electron chi connectivity index (χ3n) is 5.67. The number of anilines is 1. The average Bonchev–Trinajstić information content (AvgIpc) is 3.46. The van der Waals surface area contributed by atoms with Gasteiger partial charge in [0.25, 0.3) is 5.91 Å². The Morgan fingerprint density at radius 3 is 2.37 bits per heavy atom. The summed E-state index contributed by atoms with van der Waals surface area (Å²) in [4.78, 5) is 12.9. The number of furan rings is 1. The Balaban J connectivity index is 1.39. The molecule has 0 aliphatic carbocycles. The molecule has 1 amide bonds. The number of hydrogen-bond acceptors (Lipinski definition) is 3. The average molecular weight is 475 g/mol. The van der Waals surface area contributed by atoms with Gasteiger partial charge in [-0.2, -0.15) is 18.3 Å². The molecule has 0 bridgehead atoms. The number of aryl methyl sites for hydroxylation is 1. The van der Waals surface area contributed by atoms with E-state index in [1.165, 1.54) is 12.1 Å². The molecule has 0 atom stereocenters. The van der Waals surface area contributed by atoms with E-state index in [2.05, 4.69) is 10.4 Å². The molecule has 176 valence electrons. The maximum absolute atomic E-state index is 12.9. The second-order valence-electron chi connectivity index (χ2n) is 8.20. The maximum Gasteiger partial charge on any atom is 0.416 e. The molecule has 35 heavy (non-hydrogen) atoms. The zero-order valence-corrected chi connectivity index (χ0v) is 18.6. The van der Waals surface area contributed by atoms with E-state index < -0.39 is 17.6 Å². The second kappa shape index (κ2) is 8.79. The molecule has 8 heteroatoms. The number of nitrogens with one attached hydrogen (secondary N) is 1. The molecule has 5 rings (SSSR count). The van der Waals surface area contributed by atoms with E-state index in [1.54, 1.807) is 16.8 Å². The first kappa shape index (κ1) is 22.5. The quantitative estimate of drug-likeness (QED) is 0.300. The third-order valence-corrected chi connectivity index (χ3v) is 5.67. The molecular weight excluding hydrogens is 455 g/mol.